The van der Waals surface area contributed by atoms with Gasteiger partial charge in [-0.05, 0) is 36.4 Å². The number of hydrogen-bond acceptors (Lipinski definition) is 0. The van der Waals surface area contributed by atoms with Gasteiger partial charge in [-0.2, -0.15) is 9.13 Å². The minimum Gasteiger partial charge on any atom is -0.195 e. The molecule has 0 bridgehead atoms. The van der Waals surface area contributed by atoms with Crippen LogP contribution in [0.3, 0.4) is 0 Å². The Morgan fingerprint density at radius 1 is 0.607 bits per heavy atom. The molecule has 148 valence electrons. The second kappa shape index (κ2) is 6.34. The summed E-state index contributed by atoms with van der Waals surface area (Å²) in [5.74, 6) is 0. The maximum atomic E-state index is 9.87. The molecule has 0 aliphatic heterocycles. The third kappa shape index (κ3) is 5.82. The molecule has 0 radical (unpaired) electrons. The van der Waals surface area contributed by atoms with E-state index in [-0.39, 0.29) is 0 Å². The van der Waals surface area contributed by atoms with Crippen LogP contribution in [0.5, 0.6) is 0 Å². The first kappa shape index (κ1) is 19.9. The fourth-order valence-corrected chi connectivity index (χ4v) is 2.70. The third-order valence-corrected chi connectivity index (χ3v) is 3.70. The maximum Gasteiger partial charge on any atom is 0.255 e. The van der Waals surface area contributed by atoms with Gasteiger partial charge in [-0.25, -0.2) is 0 Å². The number of fused-ring (bicyclic) bond motifs is 1. The Morgan fingerprint density at radius 3 is 1.64 bits per heavy atom. The Kier molecular flexibility index (Phi) is 4.51. The average Bonchev–Trinajstić information content (AvgIpc) is 3.00. The standard InChI is InChI=1S/C19H15N2.F6P/c1-3-9-16(10-4-1)20-15-21(17-11-5-2-6-12-17)19-14-8-7-13-18(19)20;1-7(2,3,4,5)6/h1-15H;/q+1;-1. The molecule has 0 saturated heterocycles. The summed E-state index contributed by atoms with van der Waals surface area (Å²) in [5, 5.41) is 0. The van der Waals surface area contributed by atoms with Crippen LogP contribution < -0.4 is 4.57 Å². The van der Waals surface area contributed by atoms with E-state index in [2.05, 4.69) is 88.3 Å². The van der Waals surface area contributed by atoms with Crippen LogP contribution in [0.2, 0.25) is 0 Å². The van der Waals surface area contributed by atoms with Crippen LogP contribution in [-0.4, -0.2) is 4.57 Å². The molecule has 3 aromatic carbocycles. The normalized spacial score (nSPS) is 13.9. The van der Waals surface area contributed by atoms with Crippen molar-refractivity contribution in [3.05, 3.63) is 91.3 Å². The zero-order valence-electron chi connectivity index (χ0n) is 14.3. The van der Waals surface area contributed by atoms with Gasteiger partial charge in [-0.15, -0.1) is 0 Å². The number of rotatable bonds is 2. The predicted molar refractivity (Wildman–Crippen MR) is 98.4 cm³/mol. The summed E-state index contributed by atoms with van der Waals surface area (Å²) in [6.07, 6.45) is 2.15. The van der Waals surface area contributed by atoms with Gasteiger partial charge in [-0.1, -0.05) is 48.5 Å². The van der Waals surface area contributed by atoms with Gasteiger partial charge in [0.15, 0.2) is 11.0 Å². The van der Waals surface area contributed by atoms with E-state index in [9.17, 15) is 25.2 Å². The van der Waals surface area contributed by atoms with E-state index >= 15 is 0 Å². The second-order valence-corrected chi connectivity index (χ2v) is 7.89. The Bertz CT molecular complexity index is 1010. The SMILES string of the molecule is F[P-](F)(F)(F)(F)F.c1ccc(-n2c[n+](-c3ccccc3)c3ccccc32)cc1. The van der Waals surface area contributed by atoms with E-state index < -0.39 is 7.81 Å². The molecule has 1 aromatic heterocycles. The first-order chi connectivity index (χ1) is 12.9. The molecule has 2 nitrogen and oxygen atoms in total. The van der Waals surface area contributed by atoms with Crippen molar-refractivity contribution in [3.63, 3.8) is 0 Å². The van der Waals surface area contributed by atoms with Crippen molar-refractivity contribution in [3.8, 4) is 11.4 Å². The van der Waals surface area contributed by atoms with Crippen molar-refractivity contribution >= 4 is 18.8 Å². The number of nitrogens with zero attached hydrogens (tertiary/aromatic N) is 2. The molecule has 4 aromatic rings. The maximum absolute atomic E-state index is 10.7. The molecule has 0 saturated carbocycles. The molecule has 0 aliphatic carbocycles. The van der Waals surface area contributed by atoms with Gasteiger partial charge in [-0.3, -0.25) is 0 Å². The number of imidazole rings is 1. The molecule has 0 aliphatic rings. The van der Waals surface area contributed by atoms with Gasteiger partial charge in [0.2, 0.25) is 0 Å². The Morgan fingerprint density at radius 2 is 1.07 bits per heavy atom. The Hall–Kier alpha value is -2.86. The first-order valence-electron chi connectivity index (χ1n) is 8.07. The zero-order valence-corrected chi connectivity index (χ0v) is 15.2. The van der Waals surface area contributed by atoms with Crippen LogP contribution in [0.25, 0.3) is 22.4 Å². The number of halogens is 6. The van der Waals surface area contributed by atoms with Crippen LogP contribution in [0, 0.1) is 0 Å². The summed E-state index contributed by atoms with van der Waals surface area (Å²) in [4.78, 5) is 0. The fraction of sp³-hybridized carbons (Fsp3) is 0. The molecule has 0 atom stereocenters. The van der Waals surface area contributed by atoms with Gasteiger partial charge in [0.05, 0.1) is 0 Å². The molecule has 9 heteroatoms. The molecule has 0 unspecified atom stereocenters. The van der Waals surface area contributed by atoms with Gasteiger partial charge < -0.3 is 0 Å². The van der Waals surface area contributed by atoms with Crippen molar-refractivity contribution in [2.75, 3.05) is 0 Å². The van der Waals surface area contributed by atoms with Gasteiger partial charge in [0, 0.05) is 0 Å². The fourth-order valence-electron chi connectivity index (χ4n) is 2.70. The van der Waals surface area contributed by atoms with Gasteiger partial charge >= 0.3 is 33.0 Å². The van der Waals surface area contributed by atoms with Crippen LogP contribution in [-0.2, 0) is 0 Å². The molecule has 4 rings (SSSR count). The topological polar surface area (TPSA) is 8.81 Å². The molecule has 1 heterocycles. The van der Waals surface area contributed by atoms with Crippen molar-refractivity contribution < 1.29 is 29.7 Å². The first-order valence-corrected chi connectivity index (χ1v) is 10.1. The molecule has 28 heavy (non-hydrogen) atoms. The summed E-state index contributed by atoms with van der Waals surface area (Å²) >= 11 is 0. The van der Waals surface area contributed by atoms with Gasteiger partial charge in [0.25, 0.3) is 6.33 Å². The van der Waals surface area contributed by atoms with Gasteiger partial charge in [0.1, 0.15) is 11.4 Å². The van der Waals surface area contributed by atoms with Crippen molar-refractivity contribution in [2.45, 2.75) is 0 Å². The Balaban J connectivity index is 0.000000279. The quantitative estimate of drug-likeness (QED) is 0.184. The predicted octanol–water partition coefficient (Wildman–Crippen LogP) is 7.29. The molecule has 0 amide bonds. The summed E-state index contributed by atoms with van der Waals surface area (Å²) < 4.78 is 63.6. The van der Waals surface area contributed by atoms with E-state index in [1.807, 2.05) is 12.1 Å². The summed E-state index contributed by atoms with van der Waals surface area (Å²) in [6.45, 7) is 0. The van der Waals surface area contributed by atoms with E-state index in [1.54, 1.807) is 0 Å². The number of para-hydroxylation sites is 4. The van der Waals surface area contributed by atoms with Crippen molar-refractivity contribution in [2.24, 2.45) is 0 Å². The number of hydrogen-bond donors (Lipinski definition) is 0. The molecular formula is C19H15F6N2P. The minimum absolute atomic E-state index is 1.17. The number of benzene rings is 3. The molecular weight excluding hydrogens is 401 g/mol. The second-order valence-electron chi connectivity index (χ2n) is 5.97. The minimum atomic E-state index is -10.7. The van der Waals surface area contributed by atoms with E-state index in [0.29, 0.717) is 0 Å². The summed E-state index contributed by atoms with van der Waals surface area (Å²) in [5.41, 5.74) is 4.74. The summed E-state index contributed by atoms with van der Waals surface area (Å²) in [6, 6.07) is 29.3. The van der Waals surface area contributed by atoms with E-state index in [4.69, 9.17) is 0 Å². The zero-order chi connectivity index (χ0) is 20.5. The third-order valence-electron chi connectivity index (χ3n) is 3.70. The summed E-state index contributed by atoms with van der Waals surface area (Å²) in [7, 11) is -10.7. The Labute approximate surface area is 156 Å². The number of aromatic nitrogens is 2. The molecule has 0 spiro atoms. The van der Waals surface area contributed by atoms with E-state index in [1.165, 1.54) is 22.4 Å². The largest absolute Gasteiger partial charge is 0.255 e. The average molecular weight is 416 g/mol. The van der Waals surface area contributed by atoms with Crippen LogP contribution in [0.4, 0.5) is 25.2 Å². The van der Waals surface area contributed by atoms with Crippen molar-refractivity contribution in [1.29, 1.82) is 0 Å². The van der Waals surface area contributed by atoms with Crippen molar-refractivity contribution in [1.82, 2.24) is 4.57 Å². The van der Waals surface area contributed by atoms with E-state index in [0.717, 1.165) is 0 Å². The monoisotopic (exact) mass is 416 g/mol. The van der Waals surface area contributed by atoms with Crippen LogP contribution in [0.1, 0.15) is 0 Å². The smallest absolute Gasteiger partial charge is 0.195 e. The molecule has 0 N–H and O–H groups in total. The van der Waals surface area contributed by atoms with Crippen LogP contribution in [0.15, 0.2) is 91.3 Å². The molecule has 0 fully saturated rings. The van der Waals surface area contributed by atoms with Crippen LogP contribution >= 0.6 is 7.81 Å².